The second-order valence-electron chi connectivity index (χ2n) is 4.43. The quantitative estimate of drug-likeness (QED) is 0.604. The van der Waals surface area contributed by atoms with Gasteiger partial charge in [0.05, 0.1) is 0 Å². The SMILES string of the molecule is CCCC[C@H](CC)Cc1nnc(SC)n(N)c1=O. The lowest BCUT2D eigenvalue weighted by molar-refractivity contribution is 0.437. The van der Waals surface area contributed by atoms with Crippen molar-refractivity contribution >= 4 is 11.8 Å². The molecule has 1 heterocycles. The zero-order chi connectivity index (χ0) is 13.5. The van der Waals surface area contributed by atoms with E-state index in [2.05, 4.69) is 24.0 Å². The van der Waals surface area contributed by atoms with Gasteiger partial charge >= 0.3 is 0 Å². The van der Waals surface area contributed by atoms with Gasteiger partial charge in [-0.1, -0.05) is 51.3 Å². The Morgan fingerprint density at radius 3 is 2.67 bits per heavy atom. The Balaban J connectivity index is 2.84. The normalized spacial score (nSPS) is 12.6. The number of hydrogen-bond donors (Lipinski definition) is 1. The molecule has 102 valence electrons. The molecule has 0 spiro atoms. The maximum absolute atomic E-state index is 12.0. The van der Waals surface area contributed by atoms with Crippen LogP contribution in [0.1, 0.15) is 45.2 Å². The monoisotopic (exact) mass is 270 g/mol. The lowest BCUT2D eigenvalue weighted by Crippen LogP contribution is -2.34. The molecule has 1 rings (SSSR count). The van der Waals surface area contributed by atoms with Gasteiger partial charge in [0.2, 0.25) is 5.16 Å². The Labute approximate surface area is 112 Å². The Hall–Kier alpha value is -1.04. The summed E-state index contributed by atoms with van der Waals surface area (Å²) in [5, 5.41) is 8.45. The van der Waals surface area contributed by atoms with Crippen LogP contribution in [-0.2, 0) is 6.42 Å². The van der Waals surface area contributed by atoms with Gasteiger partial charge in [-0.25, -0.2) is 0 Å². The number of rotatable bonds is 7. The van der Waals surface area contributed by atoms with Crippen LogP contribution in [0.2, 0.25) is 0 Å². The average Bonchev–Trinajstić information content (AvgIpc) is 2.39. The summed E-state index contributed by atoms with van der Waals surface area (Å²) in [6.45, 7) is 4.32. The maximum atomic E-state index is 12.0. The molecule has 1 atom stereocenters. The van der Waals surface area contributed by atoms with Gasteiger partial charge in [0.15, 0.2) is 0 Å². The Morgan fingerprint density at radius 1 is 1.39 bits per heavy atom. The fourth-order valence-electron chi connectivity index (χ4n) is 1.90. The van der Waals surface area contributed by atoms with E-state index in [0.29, 0.717) is 23.2 Å². The molecule has 1 aromatic rings. The molecule has 2 N–H and O–H groups in total. The average molecular weight is 270 g/mol. The smallest absolute Gasteiger partial charge is 0.294 e. The molecular formula is C12H22N4OS. The predicted octanol–water partition coefficient (Wildman–Crippen LogP) is 1.83. The molecule has 0 saturated heterocycles. The third-order valence-electron chi connectivity index (χ3n) is 3.14. The molecule has 18 heavy (non-hydrogen) atoms. The van der Waals surface area contributed by atoms with Crippen LogP contribution in [0.15, 0.2) is 9.95 Å². The van der Waals surface area contributed by atoms with E-state index < -0.39 is 0 Å². The van der Waals surface area contributed by atoms with Gasteiger partial charge < -0.3 is 5.84 Å². The fourth-order valence-corrected chi connectivity index (χ4v) is 2.31. The van der Waals surface area contributed by atoms with Crippen molar-refractivity contribution in [3.8, 4) is 0 Å². The van der Waals surface area contributed by atoms with Crippen molar-refractivity contribution in [1.82, 2.24) is 14.9 Å². The van der Waals surface area contributed by atoms with E-state index in [4.69, 9.17) is 5.84 Å². The molecule has 0 saturated carbocycles. The van der Waals surface area contributed by atoms with Gasteiger partial charge in [-0.15, -0.1) is 10.2 Å². The van der Waals surface area contributed by atoms with Crippen molar-refractivity contribution in [2.45, 2.75) is 51.1 Å². The highest BCUT2D eigenvalue weighted by Gasteiger charge is 2.14. The second-order valence-corrected chi connectivity index (χ2v) is 5.20. The van der Waals surface area contributed by atoms with E-state index in [-0.39, 0.29) is 5.56 Å². The summed E-state index contributed by atoms with van der Waals surface area (Å²) in [6, 6.07) is 0. The number of unbranched alkanes of at least 4 members (excludes halogenated alkanes) is 1. The minimum atomic E-state index is -0.218. The summed E-state index contributed by atoms with van der Waals surface area (Å²) in [5.41, 5.74) is 0.266. The van der Waals surface area contributed by atoms with E-state index in [0.717, 1.165) is 17.5 Å². The van der Waals surface area contributed by atoms with Crippen LogP contribution in [0.3, 0.4) is 0 Å². The molecule has 0 aromatic carbocycles. The minimum absolute atomic E-state index is 0.218. The molecule has 1 aromatic heterocycles. The van der Waals surface area contributed by atoms with E-state index in [1.165, 1.54) is 24.6 Å². The van der Waals surface area contributed by atoms with E-state index in [9.17, 15) is 4.79 Å². The van der Waals surface area contributed by atoms with Crippen molar-refractivity contribution in [3.63, 3.8) is 0 Å². The molecule has 0 aliphatic heterocycles. The number of nitrogens with two attached hydrogens (primary N) is 1. The molecule has 6 heteroatoms. The molecule has 0 aliphatic rings. The van der Waals surface area contributed by atoms with Gasteiger partial charge in [-0.2, -0.15) is 4.68 Å². The summed E-state index contributed by atoms with van der Waals surface area (Å²) in [6.07, 6.45) is 7.04. The third-order valence-corrected chi connectivity index (χ3v) is 3.78. The van der Waals surface area contributed by atoms with Gasteiger partial charge in [0, 0.05) is 6.42 Å². The number of thioether (sulfide) groups is 1. The number of nitrogens with zero attached hydrogens (tertiary/aromatic N) is 3. The molecule has 0 fully saturated rings. The van der Waals surface area contributed by atoms with E-state index >= 15 is 0 Å². The lowest BCUT2D eigenvalue weighted by Gasteiger charge is -2.13. The molecule has 0 bridgehead atoms. The van der Waals surface area contributed by atoms with Gasteiger partial charge in [0.1, 0.15) is 5.69 Å². The first-order valence-electron chi connectivity index (χ1n) is 6.41. The molecule has 0 aliphatic carbocycles. The third kappa shape index (κ3) is 3.73. The van der Waals surface area contributed by atoms with Crippen molar-refractivity contribution < 1.29 is 0 Å². The highest BCUT2D eigenvalue weighted by molar-refractivity contribution is 7.98. The van der Waals surface area contributed by atoms with Gasteiger partial charge in [-0.3, -0.25) is 4.79 Å². The first-order chi connectivity index (χ1) is 8.63. The summed E-state index contributed by atoms with van der Waals surface area (Å²) < 4.78 is 1.10. The van der Waals surface area contributed by atoms with Crippen molar-refractivity contribution in [2.75, 3.05) is 12.1 Å². The largest absolute Gasteiger partial charge is 0.334 e. The maximum Gasteiger partial charge on any atom is 0.294 e. The van der Waals surface area contributed by atoms with Gasteiger partial charge in [-0.05, 0) is 12.2 Å². The first-order valence-corrected chi connectivity index (χ1v) is 7.64. The molecule has 0 amide bonds. The minimum Gasteiger partial charge on any atom is -0.334 e. The van der Waals surface area contributed by atoms with Crippen LogP contribution in [-0.4, -0.2) is 21.1 Å². The van der Waals surface area contributed by atoms with Crippen molar-refractivity contribution in [3.05, 3.63) is 16.0 Å². The van der Waals surface area contributed by atoms with Crippen LogP contribution >= 0.6 is 11.8 Å². The van der Waals surface area contributed by atoms with Gasteiger partial charge in [0.25, 0.3) is 5.56 Å². The summed E-state index contributed by atoms with van der Waals surface area (Å²) in [7, 11) is 0. The van der Waals surface area contributed by atoms with Crippen molar-refractivity contribution in [1.29, 1.82) is 0 Å². The highest BCUT2D eigenvalue weighted by atomic mass is 32.2. The summed E-state index contributed by atoms with van der Waals surface area (Å²) >= 11 is 1.32. The zero-order valence-electron chi connectivity index (χ0n) is 11.3. The number of aromatic nitrogens is 3. The first kappa shape index (κ1) is 15.0. The van der Waals surface area contributed by atoms with E-state index in [1.807, 2.05) is 6.26 Å². The second kappa shape index (κ2) is 7.41. The Kier molecular flexibility index (Phi) is 6.18. The van der Waals surface area contributed by atoms with Crippen molar-refractivity contribution in [2.24, 2.45) is 5.92 Å². The topological polar surface area (TPSA) is 73.8 Å². The Bertz CT molecular complexity index is 433. The molecule has 0 radical (unpaired) electrons. The van der Waals surface area contributed by atoms with E-state index in [1.54, 1.807) is 0 Å². The molecular weight excluding hydrogens is 248 g/mol. The highest BCUT2D eigenvalue weighted by Crippen LogP contribution is 2.16. The predicted molar refractivity (Wildman–Crippen MR) is 75.2 cm³/mol. The molecule has 0 unspecified atom stereocenters. The standard InChI is InChI=1S/C12H22N4OS/c1-4-6-7-9(5-2)8-10-11(17)16(13)12(18-3)15-14-10/h9H,4-8,13H2,1-3H3/t9-/m0/s1. The van der Waals surface area contributed by atoms with Crippen LogP contribution in [0, 0.1) is 5.92 Å². The van der Waals surface area contributed by atoms with Crippen LogP contribution in [0.25, 0.3) is 0 Å². The number of hydrogen-bond acceptors (Lipinski definition) is 5. The number of nitrogen functional groups attached to an aromatic ring is 1. The van der Waals surface area contributed by atoms with Crippen LogP contribution < -0.4 is 11.4 Å². The molecule has 5 nitrogen and oxygen atoms in total. The van der Waals surface area contributed by atoms with Crippen LogP contribution in [0.5, 0.6) is 0 Å². The zero-order valence-corrected chi connectivity index (χ0v) is 12.2. The summed E-state index contributed by atoms with van der Waals surface area (Å²) in [4.78, 5) is 12.0. The fraction of sp³-hybridized carbons (Fsp3) is 0.750. The summed E-state index contributed by atoms with van der Waals surface area (Å²) in [5.74, 6) is 6.18. The Morgan fingerprint density at radius 2 is 2.11 bits per heavy atom. The van der Waals surface area contributed by atoms with Crippen LogP contribution in [0.4, 0.5) is 0 Å². The lowest BCUT2D eigenvalue weighted by atomic mass is 9.94.